The number of hydrogen-bond acceptors (Lipinski definition) is 5. The molecule has 178 valence electrons. The molecular weight excluding hydrogens is 505 g/mol. The molecule has 0 spiro atoms. The molecule has 1 atom stereocenters. The van der Waals surface area contributed by atoms with Crippen LogP contribution < -0.4 is 15.4 Å². The van der Waals surface area contributed by atoms with E-state index in [1.807, 2.05) is 19.2 Å². The monoisotopic (exact) mass is 547 g/mol. The summed E-state index contributed by atoms with van der Waals surface area (Å²) in [6.45, 7) is 13.0. The summed E-state index contributed by atoms with van der Waals surface area (Å²) < 4.78 is 10.9. The summed E-state index contributed by atoms with van der Waals surface area (Å²) >= 11 is 0. The van der Waals surface area contributed by atoms with Gasteiger partial charge in [-0.15, -0.1) is 24.0 Å². The zero-order chi connectivity index (χ0) is 21.6. The first-order chi connectivity index (χ1) is 14.7. The quantitative estimate of drug-likeness (QED) is 0.182. The smallest absolute Gasteiger partial charge is 0.191 e. The van der Waals surface area contributed by atoms with Crippen molar-refractivity contribution in [1.82, 2.24) is 20.4 Å². The van der Waals surface area contributed by atoms with E-state index in [1.165, 1.54) is 12.0 Å². The zero-order valence-electron chi connectivity index (χ0n) is 19.7. The van der Waals surface area contributed by atoms with Crippen LogP contribution >= 0.6 is 24.0 Å². The lowest BCUT2D eigenvalue weighted by atomic mass is 10.0. The summed E-state index contributed by atoms with van der Waals surface area (Å²) in [7, 11) is 3.54. The van der Waals surface area contributed by atoms with Gasteiger partial charge >= 0.3 is 0 Å². The van der Waals surface area contributed by atoms with Crippen molar-refractivity contribution in [2.75, 3.05) is 73.2 Å². The third kappa shape index (κ3) is 9.93. The topological polar surface area (TPSA) is 61.4 Å². The second-order valence-corrected chi connectivity index (χ2v) is 7.55. The van der Waals surface area contributed by atoms with Gasteiger partial charge in [-0.3, -0.25) is 9.89 Å². The van der Waals surface area contributed by atoms with Gasteiger partial charge in [0.2, 0.25) is 0 Å². The number of aliphatic imine (C=N–C) groups is 1. The summed E-state index contributed by atoms with van der Waals surface area (Å²) in [5, 5.41) is 7.00. The molecule has 1 aliphatic heterocycles. The fraction of sp³-hybridized carbons (Fsp3) is 0.696. The van der Waals surface area contributed by atoms with Crippen LogP contribution in [0.5, 0.6) is 5.75 Å². The maximum Gasteiger partial charge on any atom is 0.191 e. The van der Waals surface area contributed by atoms with Gasteiger partial charge in [0.1, 0.15) is 5.75 Å². The molecule has 7 nitrogen and oxygen atoms in total. The van der Waals surface area contributed by atoms with Gasteiger partial charge < -0.3 is 25.0 Å². The molecule has 8 heteroatoms. The second kappa shape index (κ2) is 16.5. The van der Waals surface area contributed by atoms with Crippen LogP contribution in [0.2, 0.25) is 0 Å². The highest BCUT2D eigenvalue weighted by atomic mass is 127. The van der Waals surface area contributed by atoms with Gasteiger partial charge in [-0.05, 0) is 50.2 Å². The van der Waals surface area contributed by atoms with E-state index in [2.05, 4.69) is 51.4 Å². The van der Waals surface area contributed by atoms with Crippen molar-refractivity contribution in [2.45, 2.75) is 32.7 Å². The number of nitrogens with one attached hydrogen (secondary N) is 2. The molecule has 1 aliphatic rings. The van der Waals surface area contributed by atoms with Crippen molar-refractivity contribution in [3.05, 3.63) is 29.8 Å². The van der Waals surface area contributed by atoms with Gasteiger partial charge in [0, 0.05) is 33.2 Å². The second-order valence-electron chi connectivity index (χ2n) is 7.55. The Morgan fingerprint density at radius 3 is 2.39 bits per heavy atom. The van der Waals surface area contributed by atoms with Crippen LogP contribution in [0.15, 0.2) is 29.3 Å². The van der Waals surface area contributed by atoms with E-state index >= 15 is 0 Å². The summed E-state index contributed by atoms with van der Waals surface area (Å²) in [6.07, 6.45) is 2.34. The lowest BCUT2D eigenvalue weighted by molar-refractivity contribution is 0.0170. The first kappa shape index (κ1) is 27.9. The number of morpholine rings is 1. The molecule has 1 saturated heterocycles. The first-order valence-electron chi connectivity index (χ1n) is 11.3. The Balaban J connectivity index is 0.00000480. The third-order valence-electron chi connectivity index (χ3n) is 5.76. The maximum atomic E-state index is 5.56. The SMILES string of the molecule is CCN(CC)CCCCNC(=NC)NCC(c1ccc(OC)cc1)N1CCOCC1.I. The van der Waals surface area contributed by atoms with E-state index < -0.39 is 0 Å². The van der Waals surface area contributed by atoms with Gasteiger partial charge in [-0.25, -0.2) is 0 Å². The molecule has 1 aromatic rings. The molecule has 0 aromatic heterocycles. The Labute approximate surface area is 206 Å². The average molecular weight is 548 g/mol. The highest BCUT2D eigenvalue weighted by Gasteiger charge is 2.23. The van der Waals surface area contributed by atoms with Crippen LogP contribution in [0.25, 0.3) is 0 Å². The number of hydrogen-bond donors (Lipinski definition) is 2. The first-order valence-corrected chi connectivity index (χ1v) is 11.3. The minimum Gasteiger partial charge on any atom is -0.497 e. The van der Waals surface area contributed by atoms with Crippen LogP contribution in [-0.2, 0) is 4.74 Å². The van der Waals surface area contributed by atoms with Crippen molar-refractivity contribution in [2.24, 2.45) is 4.99 Å². The summed E-state index contributed by atoms with van der Waals surface area (Å²) in [4.78, 5) is 9.36. The summed E-state index contributed by atoms with van der Waals surface area (Å²) in [5.41, 5.74) is 1.28. The van der Waals surface area contributed by atoms with Gasteiger partial charge in [0.05, 0.1) is 26.4 Å². The van der Waals surface area contributed by atoms with E-state index in [4.69, 9.17) is 9.47 Å². The van der Waals surface area contributed by atoms with Crippen LogP contribution in [-0.4, -0.2) is 88.9 Å². The summed E-state index contributed by atoms with van der Waals surface area (Å²) in [5.74, 6) is 1.75. The Bertz CT molecular complexity index is 604. The molecule has 0 aliphatic carbocycles. The van der Waals surface area contributed by atoms with Crippen molar-refractivity contribution in [1.29, 1.82) is 0 Å². The number of ether oxygens (including phenoxy) is 2. The number of rotatable bonds is 12. The van der Waals surface area contributed by atoms with Crippen LogP contribution in [0.4, 0.5) is 0 Å². The van der Waals surface area contributed by atoms with Crippen molar-refractivity contribution in [3.8, 4) is 5.75 Å². The third-order valence-corrected chi connectivity index (χ3v) is 5.76. The number of nitrogens with zero attached hydrogens (tertiary/aromatic N) is 3. The maximum absolute atomic E-state index is 5.56. The molecule has 31 heavy (non-hydrogen) atoms. The van der Waals surface area contributed by atoms with Gasteiger partial charge in [0.25, 0.3) is 0 Å². The Morgan fingerprint density at radius 1 is 1.13 bits per heavy atom. The molecule has 2 rings (SSSR count). The highest BCUT2D eigenvalue weighted by molar-refractivity contribution is 14.0. The van der Waals surface area contributed by atoms with Crippen molar-refractivity contribution >= 4 is 29.9 Å². The fourth-order valence-corrected chi connectivity index (χ4v) is 3.79. The zero-order valence-corrected chi connectivity index (χ0v) is 22.1. The summed E-state index contributed by atoms with van der Waals surface area (Å²) in [6, 6.07) is 8.65. The molecule has 0 bridgehead atoms. The highest BCUT2D eigenvalue weighted by Crippen LogP contribution is 2.23. The molecule has 2 N–H and O–H groups in total. The number of methoxy groups -OCH3 is 1. The molecule has 1 fully saturated rings. The molecule has 1 heterocycles. The minimum absolute atomic E-state index is 0. The van der Waals surface area contributed by atoms with Crippen molar-refractivity contribution in [3.63, 3.8) is 0 Å². The standard InChI is InChI=1S/C23H41N5O2.HI/c1-5-27(6-2)14-8-7-13-25-23(24-3)26-19-22(28-15-17-30-18-16-28)20-9-11-21(29-4)12-10-20;/h9-12,22H,5-8,13-19H2,1-4H3,(H2,24,25,26);1H. The molecule has 0 amide bonds. The normalized spacial score (nSPS) is 16.0. The lowest BCUT2D eigenvalue weighted by Gasteiger charge is -2.35. The molecule has 1 unspecified atom stereocenters. The van der Waals surface area contributed by atoms with Crippen molar-refractivity contribution < 1.29 is 9.47 Å². The van der Waals surface area contributed by atoms with Gasteiger partial charge in [-0.2, -0.15) is 0 Å². The predicted octanol–water partition coefficient (Wildman–Crippen LogP) is 2.97. The molecule has 0 radical (unpaired) electrons. The van der Waals surface area contributed by atoms with E-state index in [0.717, 1.165) is 77.2 Å². The number of halogens is 1. The number of benzene rings is 1. The van der Waals surface area contributed by atoms with E-state index in [0.29, 0.717) is 0 Å². The van der Waals surface area contributed by atoms with Crippen LogP contribution in [0.3, 0.4) is 0 Å². The van der Waals surface area contributed by atoms with E-state index in [9.17, 15) is 0 Å². The Kier molecular flexibility index (Phi) is 14.9. The Hall–Kier alpha value is -1.10. The van der Waals surface area contributed by atoms with E-state index in [1.54, 1.807) is 7.11 Å². The van der Waals surface area contributed by atoms with Crippen LogP contribution in [0, 0.1) is 0 Å². The molecule has 1 aromatic carbocycles. The average Bonchev–Trinajstić information content (AvgIpc) is 2.81. The number of guanidine groups is 1. The Morgan fingerprint density at radius 2 is 1.81 bits per heavy atom. The largest absolute Gasteiger partial charge is 0.497 e. The van der Waals surface area contributed by atoms with Gasteiger partial charge in [-0.1, -0.05) is 26.0 Å². The lowest BCUT2D eigenvalue weighted by Crippen LogP contribution is -2.46. The predicted molar refractivity (Wildman–Crippen MR) is 140 cm³/mol. The minimum atomic E-state index is 0. The van der Waals surface area contributed by atoms with Crippen LogP contribution in [0.1, 0.15) is 38.3 Å². The molecular formula is C23H42IN5O2. The fourth-order valence-electron chi connectivity index (χ4n) is 3.79. The molecule has 0 saturated carbocycles. The van der Waals surface area contributed by atoms with E-state index in [-0.39, 0.29) is 30.0 Å². The number of unbranched alkanes of at least 4 members (excludes halogenated alkanes) is 1. The van der Waals surface area contributed by atoms with Gasteiger partial charge in [0.15, 0.2) is 5.96 Å².